The van der Waals surface area contributed by atoms with Crippen molar-refractivity contribution in [2.75, 3.05) is 33.8 Å². The van der Waals surface area contributed by atoms with Crippen LogP contribution in [0.2, 0.25) is 0 Å². The molecule has 1 aromatic carbocycles. The monoisotopic (exact) mass is 316 g/mol. The Bertz CT molecular complexity index is 539. The predicted octanol–water partition coefficient (Wildman–Crippen LogP) is 0.676. The Balaban J connectivity index is 2.73. The Morgan fingerprint density at radius 2 is 1.86 bits per heavy atom. The summed E-state index contributed by atoms with van der Waals surface area (Å²) in [5.41, 5.74) is -1.14. The Hall–Kier alpha value is -1.15. The third-order valence-corrected chi connectivity index (χ3v) is 4.16. The number of nitrogens with zero attached hydrogens (tertiary/aromatic N) is 1. The van der Waals surface area contributed by atoms with E-state index in [1.165, 1.54) is 12.1 Å². The molecule has 0 spiro atoms. The quantitative estimate of drug-likeness (QED) is 0.737. The second-order valence-electron chi connectivity index (χ2n) is 5.46. The second-order valence-corrected chi connectivity index (χ2v) is 7.23. The van der Waals surface area contributed by atoms with E-state index in [1.807, 2.05) is 21.0 Å². The standard InChI is InChI=1S/C14H24N2O4S/c1-5-20-12-6-8-13(9-7-12)21(18,19)15-10-14(2,17)11-16(3)4/h6-9,15,17H,5,10-11H2,1-4H3. The van der Waals surface area contributed by atoms with E-state index >= 15 is 0 Å². The lowest BCUT2D eigenvalue weighted by Crippen LogP contribution is -2.47. The molecule has 0 aliphatic heterocycles. The fourth-order valence-corrected chi connectivity index (χ4v) is 3.11. The molecule has 0 aliphatic carbocycles. The number of benzene rings is 1. The summed E-state index contributed by atoms with van der Waals surface area (Å²) in [5, 5.41) is 10.1. The van der Waals surface area contributed by atoms with E-state index in [0.29, 0.717) is 18.9 Å². The molecule has 120 valence electrons. The summed E-state index contributed by atoms with van der Waals surface area (Å²) >= 11 is 0. The van der Waals surface area contributed by atoms with Crippen LogP contribution in [-0.2, 0) is 10.0 Å². The highest BCUT2D eigenvalue weighted by atomic mass is 32.2. The molecule has 7 heteroatoms. The summed E-state index contributed by atoms with van der Waals surface area (Å²) < 4.78 is 32.0. The summed E-state index contributed by atoms with van der Waals surface area (Å²) in [6, 6.07) is 6.17. The van der Waals surface area contributed by atoms with Gasteiger partial charge >= 0.3 is 0 Å². The SMILES string of the molecule is CCOc1ccc(S(=O)(=O)NCC(C)(O)CN(C)C)cc1. The lowest BCUT2D eigenvalue weighted by Gasteiger charge is -2.27. The number of ether oxygens (including phenoxy) is 1. The molecule has 0 aromatic heterocycles. The average Bonchev–Trinajstić information content (AvgIpc) is 2.36. The van der Waals surface area contributed by atoms with Crippen LogP contribution < -0.4 is 9.46 Å². The van der Waals surface area contributed by atoms with Crippen LogP contribution in [0.3, 0.4) is 0 Å². The van der Waals surface area contributed by atoms with Crippen LogP contribution in [0.15, 0.2) is 29.2 Å². The van der Waals surface area contributed by atoms with Gasteiger partial charge in [-0.05, 0) is 52.2 Å². The molecule has 0 amide bonds. The van der Waals surface area contributed by atoms with Crippen molar-refractivity contribution >= 4 is 10.0 Å². The topological polar surface area (TPSA) is 78.9 Å². The average molecular weight is 316 g/mol. The number of aliphatic hydroxyl groups is 1. The van der Waals surface area contributed by atoms with Crippen molar-refractivity contribution in [2.45, 2.75) is 24.3 Å². The van der Waals surface area contributed by atoms with Crippen LogP contribution >= 0.6 is 0 Å². The van der Waals surface area contributed by atoms with Gasteiger partial charge in [0, 0.05) is 13.1 Å². The fourth-order valence-electron chi connectivity index (χ4n) is 1.95. The molecule has 0 fully saturated rings. The van der Waals surface area contributed by atoms with Crippen LogP contribution in [0.1, 0.15) is 13.8 Å². The highest BCUT2D eigenvalue weighted by Crippen LogP contribution is 2.16. The Morgan fingerprint density at radius 3 is 2.33 bits per heavy atom. The molecule has 0 bridgehead atoms. The molecular weight excluding hydrogens is 292 g/mol. The van der Waals surface area contributed by atoms with Crippen LogP contribution in [0.5, 0.6) is 5.75 Å². The molecule has 0 heterocycles. The van der Waals surface area contributed by atoms with Crippen molar-refractivity contribution in [3.8, 4) is 5.75 Å². The van der Waals surface area contributed by atoms with Gasteiger partial charge in [0.2, 0.25) is 10.0 Å². The van der Waals surface area contributed by atoms with Gasteiger partial charge in [0.05, 0.1) is 17.1 Å². The minimum absolute atomic E-state index is 0.0548. The number of likely N-dealkylation sites (N-methyl/N-ethyl adjacent to an activating group) is 1. The van der Waals surface area contributed by atoms with Gasteiger partial charge in [0.1, 0.15) is 5.75 Å². The molecule has 1 unspecified atom stereocenters. The molecule has 0 radical (unpaired) electrons. The first-order valence-corrected chi connectivity index (χ1v) is 8.24. The zero-order valence-electron chi connectivity index (χ0n) is 13.0. The molecule has 0 aliphatic rings. The first kappa shape index (κ1) is 17.9. The Kier molecular flexibility index (Phi) is 6.15. The molecule has 1 aromatic rings. The van der Waals surface area contributed by atoms with E-state index in [1.54, 1.807) is 24.0 Å². The summed E-state index contributed by atoms with van der Waals surface area (Å²) in [6.45, 7) is 4.28. The van der Waals surface area contributed by atoms with E-state index in [2.05, 4.69) is 4.72 Å². The van der Waals surface area contributed by atoms with Crippen molar-refractivity contribution in [3.05, 3.63) is 24.3 Å². The van der Waals surface area contributed by atoms with Gasteiger partial charge in [-0.1, -0.05) is 0 Å². The van der Waals surface area contributed by atoms with Crippen molar-refractivity contribution in [1.82, 2.24) is 9.62 Å². The Morgan fingerprint density at radius 1 is 1.29 bits per heavy atom. The maximum absolute atomic E-state index is 12.2. The third-order valence-electron chi connectivity index (χ3n) is 2.74. The molecule has 0 saturated heterocycles. The normalized spacial score (nSPS) is 15.0. The molecule has 0 saturated carbocycles. The van der Waals surface area contributed by atoms with Gasteiger partial charge in [-0.25, -0.2) is 13.1 Å². The molecule has 6 nitrogen and oxygen atoms in total. The predicted molar refractivity (Wildman–Crippen MR) is 82.0 cm³/mol. The molecular formula is C14H24N2O4S. The van der Waals surface area contributed by atoms with Gasteiger partial charge < -0.3 is 14.7 Å². The number of hydrogen-bond donors (Lipinski definition) is 2. The summed E-state index contributed by atoms with van der Waals surface area (Å²) in [4.78, 5) is 1.94. The van der Waals surface area contributed by atoms with E-state index in [4.69, 9.17) is 4.74 Å². The number of hydrogen-bond acceptors (Lipinski definition) is 5. The van der Waals surface area contributed by atoms with Gasteiger partial charge in [-0.3, -0.25) is 0 Å². The summed E-state index contributed by atoms with van der Waals surface area (Å²) in [6.07, 6.45) is 0. The van der Waals surface area contributed by atoms with E-state index < -0.39 is 15.6 Å². The van der Waals surface area contributed by atoms with Gasteiger partial charge in [-0.2, -0.15) is 0 Å². The third kappa shape index (κ3) is 6.01. The van der Waals surface area contributed by atoms with Crippen LogP contribution in [0, 0.1) is 0 Å². The van der Waals surface area contributed by atoms with Crippen LogP contribution in [0.4, 0.5) is 0 Å². The lowest BCUT2D eigenvalue weighted by molar-refractivity contribution is 0.0386. The second kappa shape index (κ2) is 7.22. The van der Waals surface area contributed by atoms with Crippen molar-refractivity contribution in [2.24, 2.45) is 0 Å². The highest BCUT2D eigenvalue weighted by molar-refractivity contribution is 7.89. The van der Waals surface area contributed by atoms with Crippen molar-refractivity contribution in [3.63, 3.8) is 0 Å². The lowest BCUT2D eigenvalue weighted by atomic mass is 10.1. The summed E-state index contributed by atoms with van der Waals surface area (Å²) in [7, 11) is -0.0152. The largest absolute Gasteiger partial charge is 0.494 e. The van der Waals surface area contributed by atoms with Crippen molar-refractivity contribution < 1.29 is 18.3 Å². The van der Waals surface area contributed by atoms with Crippen LogP contribution in [-0.4, -0.2) is 57.8 Å². The first-order chi connectivity index (χ1) is 9.66. The van der Waals surface area contributed by atoms with Gasteiger partial charge in [0.25, 0.3) is 0 Å². The number of rotatable bonds is 8. The molecule has 1 atom stereocenters. The first-order valence-electron chi connectivity index (χ1n) is 6.76. The minimum Gasteiger partial charge on any atom is -0.494 e. The molecule has 2 N–H and O–H groups in total. The number of nitrogens with one attached hydrogen (secondary N) is 1. The zero-order valence-corrected chi connectivity index (χ0v) is 13.8. The van der Waals surface area contributed by atoms with Gasteiger partial charge in [0.15, 0.2) is 0 Å². The van der Waals surface area contributed by atoms with E-state index in [9.17, 15) is 13.5 Å². The molecule has 21 heavy (non-hydrogen) atoms. The fraction of sp³-hybridized carbons (Fsp3) is 0.571. The smallest absolute Gasteiger partial charge is 0.240 e. The van der Waals surface area contributed by atoms with Crippen LogP contribution in [0.25, 0.3) is 0 Å². The minimum atomic E-state index is -3.65. The molecule has 1 rings (SSSR count). The van der Waals surface area contributed by atoms with E-state index in [0.717, 1.165) is 0 Å². The van der Waals surface area contributed by atoms with E-state index in [-0.39, 0.29) is 11.4 Å². The van der Waals surface area contributed by atoms with Gasteiger partial charge in [-0.15, -0.1) is 0 Å². The van der Waals surface area contributed by atoms with Crippen molar-refractivity contribution in [1.29, 1.82) is 0 Å². The maximum atomic E-state index is 12.2. The number of sulfonamides is 1. The highest BCUT2D eigenvalue weighted by Gasteiger charge is 2.24. The maximum Gasteiger partial charge on any atom is 0.240 e. The summed E-state index contributed by atoms with van der Waals surface area (Å²) in [5.74, 6) is 0.621. The Labute approximate surface area is 126 Å². The zero-order chi connectivity index (χ0) is 16.1.